The van der Waals surface area contributed by atoms with Crippen molar-refractivity contribution < 1.29 is 0 Å². The molecule has 6 nitrogen and oxygen atoms in total. The second kappa shape index (κ2) is 6.13. The summed E-state index contributed by atoms with van der Waals surface area (Å²) in [6.45, 7) is 4.71. The third-order valence-electron chi connectivity index (χ3n) is 7.60. The topological polar surface area (TPSA) is 38.7 Å². The molecule has 2 aromatic carbocycles. The van der Waals surface area contributed by atoms with E-state index in [4.69, 9.17) is 6.58 Å². The fourth-order valence-electron chi connectivity index (χ4n) is 6.36. The molecule has 4 atom stereocenters. The molecular weight excluding hydrogens is 396 g/mol. The van der Waals surface area contributed by atoms with E-state index in [1.165, 1.54) is 28.1 Å². The number of hydrogen-bond acceptors (Lipinski definition) is 6. The predicted molar refractivity (Wildman–Crippen MR) is 128 cm³/mol. The summed E-state index contributed by atoms with van der Waals surface area (Å²) in [5.74, 6) is 1.38. The Morgan fingerprint density at radius 3 is 2.53 bits per heavy atom. The highest BCUT2D eigenvalue weighted by Crippen LogP contribution is 2.59. The molecule has 3 aromatic rings. The lowest BCUT2D eigenvalue weighted by molar-refractivity contribution is 0.208. The number of fused-ring (bicyclic) bond motifs is 12. The summed E-state index contributed by atoms with van der Waals surface area (Å²) >= 11 is 0. The first kappa shape index (κ1) is 17.8. The van der Waals surface area contributed by atoms with Gasteiger partial charge in [-0.3, -0.25) is 0 Å². The molecule has 1 aromatic heterocycles. The maximum Gasteiger partial charge on any atom is 0.157 e. The molecule has 7 rings (SSSR count). The van der Waals surface area contributed by atoms with Gasteiger partial charge in [-0.1, -0.05) is 43.0 Å². The van der Waals surface area contributed by atoms with Crippen LogP contribution in [0.5, 0.6) is 0 Å². The first-order valence-electron chi connectivity index (χ1n) is 11.0. The van der Waals surface area contributed by atoms with Gasteiger partial charge in [0, 0.05) is 49.6 Å². The largest absolute Gasteiger partial charge is 0.358 e. The number of rotatable bonds is 0. The fraction of sp³-hybridized carbons (Fsp3) is 0.231. The van der Waals surface area contributed by atoms with Gasteiger partial charge in [-0.15, -0.1) is 0 Å². The van der Waals surface area contributed by atoms with Gasteiger partial charge in [0.25, 0.3) is 0 Å². The molecule has 0 aliphatic carbocycles. The summed E-state index contributed by atoms with van der Waals surface area (Å²) in [6.07, 6.45) is 8.26. The van der Waals surface area contributed by atoms with E-state index in [1.54, 1.807) is 6.33 Å². The maximum atomic E-state index is 4.71. The minimum Gasteiger partial charge on any atom is -0.358 e. The van der Waals surface area contributed by atoms with Gasteiger partial charge >= 0.3 is 0 Å². The van der Waals surface area contributed by atoms with Crippen molar-refractivity contribution in [2.45, 2.75) is 18.2 Å². The second-order valence-electron chi connectivity index (χ2n) is 9.07. The van der Waals surface area contributed by atoms with Gasteiger partial charge in [0.15, 0.2) is 5.82 Å². The molecule has 0 amide bonds. The van der Waals surface area contributed by atoms with Crippen LogP contribution in [0.2, 0.25) is 0 Å². The SMILES string of the molecule is C=C1c2ccccc2N2C=CN(C)C2C2C1c1ccccc1N1c3cncnc3N(C)C21. The van der Waals surface area contributed by atoms with E-state index < -0.39 is 0 Å². The number of allylic oxidation sites excluding steroid dienone is 1. The summed E-state index contributed by atoms with van der Waals surface area (Å²) in [5, 5.41) is 0. The Balaban J connectivity index is 1.54. The van der Waals surface area contributed by atoms with Crippen molar-refractivity contribution in [3.05, 3.63) is 91.2 Å². The first-order chi connectivity index (χ1) is 15.7. The normalized spacial score (nSPS) is 26.8. The van der Waals surface area contributed by atoms with Crippen LogP contribution in [0.25, 0.3) is 5.57 Å². The highest BCUT2D eigenvalue weighted by molar-refractivity contribution is 5.89. The van der Waals surface area contributed by atoms with E-state index in [0.717, 1.165) is 11.5 Å². The van der Waals surface area contributed by atoms with Crippen molar-refractivity contribution in [3.63, 3.8) is 0 Å². The molecule has 158 valence electrons. The Morgan fingerprint density at radius 2 is 1.66 bits per heavy atom. The first-order valence-corrected chi connectivity index (χ1v) is 11.0. The fourth-order valence-corrected chi connectivity index (χ4v) is 6.36. The summed E-state index contributed by atoms with van der Waals surface area (Å²) in [7, 11) is 4.34. The van der Waals surface area contributed by atoms with Gasteiger partial charge < -0.3 is 19.6 Å². The van der Waals surface area contributed by atoms with Crippen molar-refractivity contribution in [1.82, 2.24) is 14.9 Å². The van der Waals surface area contributed by atoms with E-state index in [2.05, 4.69) is 105 Å². The third kappa shape index (κ3) is 2.04. The molecule has 4 aliphatic heterocycles. The van der Waals surface area contributed by atoms with Crippen LogP contribution in [0.15, 0.2) is 80.0 Å². The molecule has 0 radical (unpaired) electrons. The van der Waals surface area contributed by atoms with Crippen LogP contribution in [0.3, 0.4) is 0 Å². The van der Waals surface area contributed by atoms with Gasteiger partial charge in [-0.05, 0) is 23.3 Å². The number of benzene rings is 2. The third-order valence-corrected chi connectivity index (χ3v) is 7.60. The van der Waals surface area contributed by atoms with Crippen LogP contribution in [0.1, 0.15) is 17.0 Å². The van der Waals surface area contributed by atoms with Crippen molar-refractivity contribution in [3.8, 4) is 0 Å². The number of anilines is 4. The zero-order valence-corrected chi connectivity index (χ0v) is 18.1. The smallest absolute Gasteiger partial charge is 0.157 e. The van der Waals surface area contributed by atoms with Crippen LogP contribution < -0.4 is 14.7 Å². The minimum absolute atomic E-state index is 0.0995. The van der Waals surface area contributed by atoms with Gasteiger partial charge in [0.2, 0.25) is 0 Å². The highest BCUT2D eigenvalue weighted by atomic mass is 15.5. The molecule has 0 spiro atoms. The molecular formula is C26H24N6. The molecule has 0 saturated heterocycles. The van der Waals surface area contributed by atoms with Crippen molar-refractivity contribution in [1.29, 1.82) is 0 Å². The summed E-state index contributed by atoms with van der Waals surface area (Å²) < 4.78 is 0. The minimum atomic E-state index is 0.0995. The molecule has 0 saturated carbocycles. The molecule has 5 heterocycles. The lowest BCUT2D eigenvalue weighted by atomic mass is 9.72. The molecule has 0 fully saturated rings. The standard InChI is InChI=1S/C26H24N6/c1-16-17-8-4-6-10-19(17)31-13-12-29(2)25(31)23-22(16)18-9-5-7-11-20(18)32-21-14-27-15-28-24(21)30(3)26(23)32/h4-15,22-23,25-26H,1H2,2-3H3. The Bertz CT molecular complexity index is 1300. The predicted octanol–water partition coefficient (Wildman–Crippen LogP) is 4.38. The number of nitrogens with zero attached hydrogens (tertiary/aromatic N) is 6. The van der Waals surface area contributed by atoms with Gasteiger partial charge in [-0.25, -0.2) is 9.97 Å². The average Bonchev–Trinajstić information content (AvgIpc) is 3.32. The zero-order valence-electron chi connectivity index (χ0n) is 18.1. The van der Waals surface area contributed by atoms with E-state index >= 15 is 0 Å². The summed E-state index contributed by atoms with van der Waals surface area (Å²) in [6, 6.07) is 17.5. The molecule has 32 heavy (non-hydrogen) atoms. The lowest BCUT2D eigenvalue weighted by Crippen LogP contribution is -2.58. The second-order valence-corrected chi connectivity index (χ2v) is 9.07. The van der Waals surface area contributed by atoms with Crippen LogP contribution in [0.4, 0.5) is 22.9 Å². The summed E-state index contributed by atoms with van der Waals surface area (Å²) in [4.78, 5) is 18.6. The van der Waals surface area contributed by atoms with Crippen LogP contribution >= 0.6 is 0 Å². The summed E-state index contributed by atoms with van der Waals surface area (Å²) in [5.41, 5.74) is 7.24. The molecule has 4 unspecified atom stereocenters. The van der Waals surface area contributed by atoms with E-state index in [9.17, 15) is 0 Å². The zero-order chi connectivity index (χ0) is 21.6. The molecule has 6 heteroatoms. The molecule has 0 bridgehead atoms. The Labute approximate surface area is 187 Å². The van der Waals surface area contributed by atoms with Crippen LogP contribution in [0, 0.1) is 5.92 Å². The quantitative estimate of drug-likeness (QED) is 0.537. The van der Waals surface area contributed by atoms with Gasteiger partial charge in [0.05, 0.1) is 11.9 Å². The van der Waals surface area contributed by atoms with Crippen molar-refractivity contribution in [2.75, 3.05) is 28.8 Å². The van der Waals surface area contributed by atoms with Crippen molar-refractivity contribution in [2.24, 2.45) is 5.92 Å². The number of hydrogen-bond donors (Lipinski definition) is 0. The van der Waals surface area contributed by atoms with E-state index in [0.29, 0.717) is 0 Å². The monoisotopic (exact) mass is 420 g/mol. The van der Waals surface area contributed by atoms with Crippen LogP contribution in [-0.2, 0) is 0 Å². The van der Waals surface area contributed by atoms with E-state index in [-0.39, 0.29) is 24.2 Å². The number of aromatic nitrogens is 2. The van der Waals surface area contributed by atoms with Crippen LogP contribution in [-0.4, -0.2) is 41.3 Å². The van der Waals surface area contributed by atoms with E-state index in [1.807, 2.05) is 6.20 Å². The van der Waals surface area contributed by atoms with Gasteiger partial charge in [-0.2, -0.15) is 0 Å². The Morgan fingerprint density at radius 1 is 0.875 bits per heavy atom. The Kier molecular flexibility index (Phi) is 3.42. The van der Waals surface area contributed by atoms with Crippen molar-refractivity contribution >= 4 is 28.5 Å². The Hall–Kier alpha value is -3.80. The average molecular weight is 421 g/mol. The lowest BCUT2D eigenvalue weighted by Gasteiger charge is -2.50. The number of para-hydroxylation sites is 2. The highest BCUT2D eigenvalue weighted by Gasteiger charge is 2.56. The van der Waals surface area contributed by atoms with Gasteiger partial charge in [0.1, 0.15) is 24.3 Å². The maximum absolute atomic E-state index is 4.71. The molecule has 0 N–H and O–H groups in total. The molecule has 4 aliphatic rings.